The van der Waals surface area contributed by atoms with E-state index in [9.17, 15) is 9.59 Å². The summed E-state index contributed by atoms with van der Waals surface area (Å²) in [7, 11) is 4.75. The van der Waals surface area contributed by atoms with E-state index in [2.05, 4.69) is 16.4 Å². The van der Waals surface area contributed by atoms with Crippen molar-refractivity contribution in [3.63, 3.8) is 0 Å². The van der Waals surface area contributed by atoms with Crippen molar-refractivity contribution < 1.29 is 14.2 Å². The van der Waals surface area contributed by atoms with E-state index in [0.29, 0.717) is 65.1 Å². The van der Waals surface area contributed by atoms with E-state index in [1.165, 1.54) is 11.6 Å². The number of methoxy groups -OCH3 is 1. The van der Waals surface area contributed by atoms with Gasteiger partial charge in [0.1, 0.15) is 11.2 Å². The van der Waals surface area contributed by atoms with Gasteiger partial charge in [-0.1, -0.05) is 41.9 Å². The summed E-state index contributed by atoms with van der Waals surface area (Å²) in [6.07, 6.45) is 2.02. The third kappa shape index (κ3) is 5.90. The van der Waals surface area contributed by atoms with Gasteiger partial charge in [-0.3, -0.25) is 13.9 Å². The first-order chi connectivity index (χ1) is 23.5. The standard InChI is InChI=1S/C37H39ClN6O5/c1-19-14-30-32(36(45)44(4)37(46)43(30)3)34(40-19)41-28-11-7-8-23(20(28)2)24-9-6-10-25(33(24)38)29-16-21-15-22(17-26(21)35(42-29)47-5)49-31-18-48-13-12-27(31)39/h6-11,14,16,22,27,31H,12-13,15,17-18,39H2,1-5H3,(H,40,41)/t22?,27-,31-/m1/s1. The topological polar surface area (TPSA) is 136 Å². The van der Waals surface area contributed by atoms with Crippen molar-refractivity contribution in [3.05, 3.63) is 96.8 Å². The van der Waals surface area contributed by atoms with Crippen LogP contribution in [0.5, 0.6) is 5.88 Å². The lowest BCUT2D eigenvalue weighted by molar-refractivity contribution is -0.0901. The molecule has 49 heavy (non-hydrogen) atoms. The number of ether oxygens (including phenoxy) is 3. The first kappa shape index (κ1) is 33.0. The quantitative estimate of drug-likeness (QED) is 0.244. The van der Waals surface area contributed by atoms with Crippen LogP contribution < -0.4 is 27.0 Å². The number of aromatic nitrogens is 4. The summed E-state index contributed by atoms with van der Waals surface area (Å²) >= 11 is 7.21. The molecule has 3 N–H and O–H groups in total. The summed E-state index contributed by atoms with van der Waals surface area (Å²) < 4.78 is 20.4. The molecule has 1 saturated heterocycles. The number of fused-ring (bicyclic) bond motifs is 2. The van der Waals surface area contributed by atoms with Crippen LogP contribution >= 0.6 is 11.6 Å². The van der Waals surface area contributed by atoms with Crippen LogP contribution in [0.25, 0.3) is 33.3 Å². The molecule has 4 heterocycles. The van der Waals surface area contributed by atoms with Crippen LogP contribution in [-0.4, -0.2) is 57.7 Å². The highest BCUT2D eigenvalue weighted by atomic mass is 35.5. The van der Waals surface area contributed by atoms with Crippen LogP contribution in [-0.2, 0) is 36.4 Å². The van der Waals surface area contributed by atoms with Gasteiger partial charge in [-0.05, 0) is 61.6 Å². The number of nitrogens with zero attached hydrogens (tertiary/aromatic N) is 4. The van der Waals surface area contributed by atoms with Crippen LogP contribution in [0.4, 0.5) is 11.5 Å². The van der Waals surface area contributed by atoms with E-state index >= 15 is 0 Å². The minimum atomic E-state index is -0.417. The number of hydrogen-bond donors (Lipinski definition) is 2. The average Bonchev–Trinajstić information content (AvgIpc) is 3.50. The van der Waals surface area contributed by atoms with E-state index in [0.717, 1.165) is 50.1 Å². The lowest BCUT2D eigenvalue weighted by Gasteiger charge is -2.30. The molecule has 2 aromatic carbocycles. The van der Waals surface area contributed by atoms with Gasteiger partial charge in [-0.25, -0.2) is 14.8 Å². The molecule has 5 aromatic rings. The predicted molar refractivity (Wildman–Crippen MR) is 191 cm³/mol. The van der Waals surface area contributed by atoms with Crippen molar-refractivity contribution in [2.45, 2.75) is 51.4 Å². The maximum absolute atomic E-state index is 13.3. The number of anilines is 2. The molecule has 12 heteroatoms. The summed E-state index contributed by atoms with van der Waals surface area (Å²) in [5, 5.41) is 4.27. The molecular weight excluding hydrogens is 644 g/mol. The summed E-state index contributed by atoms with van der Waals surface area (Å²) in [4.78, 5) is 35.5. The van der Waals surface area contributed by atoms with Crippen molar-refractivity contribution in [3.8, 4) is 28.3 Å². The Balaban J connectivity index is 1.23. The molecule has 3 aromatic heterocycles. The van der Waals surface area contributed by atoms with Gasteiger partial charge in [0, 0.05) is 61.2 Å². The Labute approximate surface area is 288 Å². The van der Waals surface area contributed by atoms with E-state index < -0.39 is 11.2 Å². The van der Waals surface area contributed by atoms with Crippen LogP contribution in [0.15, 0.2) is 58.1 Å². The number of hydrogen-bond acceptors (Lipinski definition) is 9. The normalized spacial score (nSPS) is 18.9. The molecule has 1 unspecified atom stereocenters. The second-order valence-corrected chi connectivity index (χ2v) is 13.2. The fraction of sp³-hybridized carbons (Fsp3) is 0.351. The largest absolute Gasteiger partial charge is 0.481 e. The van der Waals surface area contributed by atoms with Gasteiger partial charge in [0.2, 0.25) is 5.88 Å². The van der Waals surface area contributed by atoms with Crippen LogP contribution in [0.2, 0.25) is 5.02 Å². The highest BCUT2D eigenvalue weighted by Crippen LogP contribution is 2.42. The minimum Gasteiger partial charge on any atom is -0.481 e. The summed E-state index contributed by atoms with van der Waals surface area (Å²) in [6, 6.07) is 15.6. The molecule has 0 amide bonds. The SMILES string of the molecule is COc1nc(-c2cccc(-c3cccc(Nc4nc(C)cc5c4c(=O)n(C)c(=O)n5C)c3C)c2Cl)cc2c1CC(O[C@@H]1COCC[C@H]1N)C2. The molecule has 254 valence electrons. The summed E-state index contributed by atoms with van der Waals surface area (Å²) in [5.41, 5.74) is 13.7. The number of benzene rings is 2. The van der Waals surface area contributed by atoms with Crippen molar-refractivity contribution in [2.24, 2.45) is 19.8 Å². The zero-order chi connectivity index (χ0) is 34.6. The van der Waals surface area contributed by atoms with Gasteiger partial charge in [0.25, 0.3) is 5.56 Å². The van der Waals surface area contributed by atoms with Crippen molar-refractivity contribution in [2.75, 3.05) is 25.6 Å². The van der Waals surface area contributed by atoms with Crippen molar-refractivity contribution >= 4 is 34.0 Å². The van der Waals surface area contributed by atoms with Gasteiger partial charge >= 0.3 is 5.69 Å². The molecular formula is C37H39ClN6O5. The maximum atomic E-state index is 13.3. The smallest absolute Gasteiger partial charge is 0.330 e. The van der Waals surface area contributed by atoms with Gasteiger partial charge in [0.05, 0.1) is 42.2 Å². The molecule has 0 spiro atoms. The highest BCUT2D eigenvalue weighted by Gasteiger charge is 2.32. The van der Waals surface area contributed by atoms with Crippen LogP contribution in [0.1, 0.15) is 28.8 Å². The molecule has 7 rings (SSSR count). The van der Waals surface area contributed by atoms with Crippen LogP contribution in [0, 0.1) is 13.8 Å². The Hall–Kier alpha value is -4.55. The first-order valence-electron chi connectivity index (χ1n) is 16.3. The molecule has 0 saturated carbocycles. The number of aryl methyl sites for hydroxylation is 2. The second-order valence-electron chi connectivity index (χ2n) is 12.9. The van der Waals surface area contributed by atoms with E-state index in [-0.39, 0.29) is 18.2 Å². The van der Waals surface area contributed by atoms with Gasteiger partial charge in [0.15, 0.2) is 0 Å². The molecule has 1 fully saturated rings. The number of rotatable bonds is 7. The highest BCUT2D eigenvalue weighted by molar-refractivity contribution is 6.36. The first-order valence-corrected chi connectivity index (χ1v) is 16.7. The third-order valence-electron chi connectivity index (χ3n) is 9.71. The number of nitrogens with one attached hydrogen (secondary N) is 1. The van der Waals surface area contributed by atoms with Gasteiger partial charge in [-0.15, -0.1) is 0 Å². The van der Waals surface area contributed by atoms with E-state index in [4.69, 9.17) is 36.5 Å². The second kappa shape index (κ2) is 13.1. The zero-order valence-corrected chi connectivity index (χ0v) is 28.9. The minimum absolute atomic E-state index is 0.0384. The van der Waals surface area contributed by atoms with Crippen molar-refractivity contribution in [1.82, 2.24) is 19.1 Å². The number of halogens is 1. The summed E-state index contributed by atoms with van der Waals surface area (Å²) in [6.45, 7) is 4.99. The predicted octanol–water partition coefficient (Wildman–Crippen LogP) is 4.98. The number of nitrogens with two attached hydrogens (primary N) is 1. The van der Waals surface area contributed by atoms with Gasteiger partial charge < -0.3 is 25.3 Å². The fourth-order valence-electron chi connectivity index (χ4n) is 7.00. The lowest BCUT2D eigenvalue weighted by atomic mass is 9.96. The fourth-order valence-corrected chi connectivity index (χ4v) is 7.32. The van der Waals surface area contributed by atoms with Gasteiger partial charge in [-0.2, -0.15) is 0 Å². The Bertz CT molecular complexity index is 2230. The monoisotopic (exact) mass is 682 g/mol. The molecule has 0 radical (unpaired) electrons. The molecule has 11 nitrogen and oxygen atoms in total. The number of pyridine rings is 2. The summed E-state index contributed by atoms with van der Waals surface area (Å²) in [5.74, 6) is 0.939. The van der Waals surface area contributed by atoms with E-state index in [1.807, 2.05) is 50.2 Å². The zero-order valence-electron chi connectivity index (χ0n) is 28.2. The molecule has 0 bridgehead atoms. The molecule has 3 atom stereocenters. The van der Waals surface area contributed by atoms with Crippen LogP contribution in [0.3, 0.4) is 0 Å². The Morgan fingerprint density at radius 2 is 1.76 bits per heavy atom. The molecule has 1 aliphatic heterocycles. The Morgan fingerprint density at radius 1 is 1.00 bits per heavy atom. The average molecular weight is 683 g/mol. The molecule has 1 aliphatic carbocycles. The lowest BCUT2D eigenvalue weighted by Crippen LogP contribution is -2.46. The van der Waals surface area contributed by atoms with E-state index in [1.54, 1.807) is 20.2 Å². The third-order valence-corrected chi connectivity index (χ3v) is 10.1. The molecule has 2 aliphatic rings. The van der Waals surface area contributed by atoms with Crippen molar-refractivity contribution in [1.29, 1.82) is 0 Å². The maximum Gasteiger partial charge on any atom is 0.330 e. The Morgan fingerprint density at radius 3 is 2.53 bits per heavy atom. The Kier molecular flexibility index (Phi) is 8.78.